The number of halogens is 1. The Morgan fingerprint density at radius 3 is 2.45 bits per heavy atom. The Morgan fingerprint density at radius 1 is 1.21 bits per heavy atom. The average Bonchev–Trinajstić information content (AvgIpc) is 2.74. The number of thioether (sulfide) groups is 1. The summed E-state index contributed by atoms with van der Waals surface area (Å²) in [4.78, 5) is 22.8. The fourth-order valence-corrected chi connectivity index (χ4v) is 4.84. The summed E-state index contributed by atoms with van der Waals surface area (Å²) >= 11 is 7.40. The number of aromatic nitrogens is 2. The lowest BCUT2D eigenvalue weighted by Crippen LogP contribution is -2.50. The van der Waals surface area contributed by atoms with Crippen molar-refractivity contribution < 1.29 is 17.9 Å². The molecule has 1 amide bonds. The van der Waals surface area contributed by atoms with E-state index in [1.54, 1.807) is 17.0 Å². The van der Waals surface area contributed by atoms with Crippen LogP contribution in [0.4, 0.5) is 0 Å². The molecule has 2 aromatic rings. The Morgan fingerprint density at radius 2 is 1.86 bits per heavy atom. The van der Waals surface area contributed by atoms with Gasteiger partial charge in [-0.05, 0) is 37.4 Å². The molecule has 8 nitrogen and oxygen atoms in total. The van der Waals surface area contributed by atoms with Crippen LogP contribution in [0, 0.1) is 0 Å². The van der Waals surface area contributed by atoms with Gasteiger partial charge in [0.15, 0.2) is 10.9 Å². The highest BCUT2D eigenvalue weighted by molar-refractivity contribution is 7.98. The molecule has 11 heteroatoms. The zero-order valence-electron chi connectivity index (χ0n) is 16.0. The minimum Gasteiger partial charge on any atom is -0.494 e. The van der Waals surface area contributed by atoms with E-state index in [4.69, 9.17) is 16.3 Å². The number of piperazine rings is 1. The van der Waals surface area contributed by atoms with Gasteiger partial charge in [0.05, 0.1) is 22.7 Å². The molecule has 2 heterocycles. The third-order valence-corrected chi connectivity index (χ3v) is 7.16. The van der Waals surface area contributed by atoms with Crippen molar-refractivity contribution in [1.29, 1.82) is 0 Å². The highest BCUT2D eigenvalue weighted by Gasteiger charge is 2.31. The van der Waals surface area contributed by atoms with Gasteiger partial charge in [-0.2, -0.15) is 4.31 Å². The minimum absolute atomic E-state index is 0.133. The van der Waals surface area contributed by atoms with Gasteiger partial charge in [0.1, 0.15) is 5.75 Å². The van der Waals surface area contributed by atoms with E-state index in [0.29, 0.717) is 17.5 Å². The molecule has 1 aromatic carbocycles. The molecular formula is C18H21ClN4O4S2. The van der Waals surface area contributed by atoms with Crippen LogP contribution < -0.4 is 4.74 Å². The quantitative estimate of drug-likeness (QED) is 0.486. The van der Waals surface area contributed by atoms with Crippen LogP contribution in [0.25, 0.3) is 0 Å². The average molecular weight is 457 g/mol. The number of carbonyl (C=O) groups excluding carboxylic acids is 1. The molecule has 0 unspecified atom stereocenters. The number of carbonyl (C=O) groups is 1. The SMILES string of the molecule is CCOc1ccc(S(=O)(=O)N2CCN(C(=O)c3nc(SC)ncc3Cl)CC2)cc1. The van der Waals surface area contributed by atoms with Crippen LogP contribution in [-0.2, 0) is 10.0 Å². The zero-order valence-corrected chi connectivity index (χ0v) is 18.4. The van der Waals surface area contributed by atoms with E-state index in [1.165, 1.54) is 34.4 Å². The lowest BCUT2D eigenvalue weighted by atomic mass is 10.3. The molecule has 1 aliphatic heterocycles. The van der Waals surface area contributed by atoms with Crippen molar-refractivity contribution in [2.24, 2.45) is 0 Å². The first-order valence-corrected chi connectivity index (χ1v) is 12.0. The maximum absolute atomic E-state index is 12.9. The van der Waals surface area contributed by atoms with E-state index < -0.39 is 10.0 Å². The van der Waals surface area contributed by atoms with Crippen LogP contribution in [0.15, 0.2) is 40.5 Å². The van der Waals surface area contributed by atoms with Crippen molar-refractivity contribution in [3.05, 3.63) is 41.2 Å². The number of rotatable bonds is 6. The number of hydrogen-bond acceptors (Lipinski definition) is 7. The van der Waals surface area contributed by atoms with Crippen molar-refractivity contribution in [3.8, 4) is 5.75 Å². The first kappa shape index (κ1) is 21.8. The van der Waals surface area contributed by atoms with Gasteiger partial charge in [-0.3, -0.25) is 4.79 Å². The summed E-state index contributed by atoms with van der Waals surface area (Å²) in [5.74, 6) is 0.291. The highest BCUT2D eigenvalue weighted by Crippen LogP contribution is 2.23. The summed E-state index contributed by atoms with van der Waals surface area (Å²) in [6.45, 7) is 3.27. The molecule has 0 saturated carbocycles. The van der Waals surface area contributed by atoms with Crippen molar-refractivity contribution in [2.75, 3.05) is 39.0 Å². The third kappa shape index (κ3) is 4.82. The Kier molecular flexibility index (Phi) is 6.99. The van der Waals surface area contributed by atoms with Crippen LogP contribution in [0.2, 0.25) is 5.02 Å². The van der Waals surface area contributed by atoms with Crippen LogP contribution in [0.5, 0.6) is 5.75 Å². The number of ether oxygens (including phenoxy) is 1. The Labute approximate surface area is 179 Å². The molecule has 1 aliphatic rings. The smallest absolute Gasteiger partial charge is 0.274 e. The summed E-state index contributed by atoms with van der Waals surface area (Å²) in [6, 6.07) is 6.33. The Hall–Kier alpha value is -1.88. The second-order valence-electron chi connectivity index (χ2n) is 6.15. The molecule has 3 rings (SSSR count). The normalized spacial score (nSPS) is 15.3. The molecule has 29 heavy (non-hydrogen) atoms. The molecule has 0 atom stereocenters. The summed E-state index contributed by atoms with van der Waals surface area (Å²) in [5.41, 5.74) is 0.133. The van der Waals surface area contributed by atoms with E-state index in [0.717, 1.165) is 0 Å². The van der Waals surface area contributed by atoms with Crippen molar-refractivity contribution in [1.82, 2.24) is 19.2 Å². The molecule has 0 N–H and O–H groups in total. The van der Waals surface area contributed by atoms with Crippen molar-refractivity contribution >= 4 is 39.3 Å². The monoisotopic (exact) mass is 456 g/mol. The largest absolute Gasteiger partial charge is 0.494 e. The standard InChI is InChI=1S/C18H21ClN4O4S2/c1-3-27-13-4-6-14(7-5-13)29(25,26)23-10-8-22(9-11-23)17(24)16-15(19)12-20-18(21-16)28-2/h4-7,12H,3,8-11H2,1-2H3. The van der Waals surface area contributed by atoms with Gasteiger partial charge >= 0.3 is 0 Å². The number of sulfonamides is 1. The lowest BCUT2D eigenvalue weighted by molar-refractivity contribution is 0.0691. The fraction of sp³-hybridized carbons (Fsp3) is 0.389. The highest BCUT2D eigenvalue weighted by atomic mass is 35.5. The van der Waals surface area contributed by atoms with Gasteiger partial charge < -0.3 is 9.64 Å². The number of hydrogen-bond donors (Lipinski definition) is 0. The number of amides is 1. The van der Waals surface area contributed by atoms with Crippen LogP contribution >= 0.6 is 23.4 Å². The molecule has 1 fully saturated rings. The summed E-state index contributed by atoms with van der Waals surface area (Å²) in [6.07, 6.45) is 3.21. The molecule has 156 valence electrons. The van der Waals surface area contributed by atoms with E-state index in [9.17, 15) is 13.2 Å². The first-order chi connectivity index (χ1) is 13.9. The zero-order chi connectivity index (χ0) is 21.0. The lowest BCUT2D eigenvalue weighted by Gasteiger charge is -2.34. The molecule has 0 bridgehead atoms. The predicted octanol–water partition coefficient (Wildman–Crippen LogP) is 2.40. The second kappa shape index (κ2) is 9.29. The first-order valence-electron chi connectivity index (χ1n) is 8.95. The predicted molar refractivity (Wildman–Crippen MR) is 111 cm³/mol. The van der Waals surface area contributed by atoms with Gasteiger partial charge in [-0.15, -0.1) is 0 Å². The van der Waals surface area contributed by atoms with Gasteiger partial charge in [-0.1, -0.05) is 23.4 Å². The van der Waals surface area contributed by atoms with Crippen LogP contribution in [0.1, 0.15) is 17.4 Å². The molecule has 1 saturated heterocycles. The maximum atomic E-state index is 12.9. The molecule has 1 aromatic heterocycles. The molecule has 0 aliphatic carbocycles. The Bertz CT molecular complexity index is 978. The molecule has 0 radical (unpaired) electrons. The number of nitrogens with zero attached hydrogens (tertiary/aromatic N) is 4. The number of benzene rings is 1. The summed E-state index contributed by atoms with van der Waals surface area (Å²) in [7, 11) is -3.64. The summed E-state index contributed by atoms with van der Waals surface area (Å²) in [5, 5.41) is 0.631. The van der Waals surface area contributed by atoms with Gasteiger partial charge in [0.2, 0.25) is 10.0 Å². The second-order valence-corrected chi connectivity index (χ2v) is 9.27. The van der Waals surface area contributed by atoms with Gasteiger partial charge in [0, 0.05) is 26.2 Å². The van der Waals surface area contributed by atoms with Crippen LogP contribution in [0.3, 0.4) is 0 Å². The third-order valence-electron chi connectivity index (χ3n) is 4.41. The Balaban J connectivity index is 1.69. The van der Waals surface area contributed by atoms with Gasteiger partial charge in [0.25, 0.3) is 5.91 Å². The molecular weight excluding hydrogens is 436 g/mol. The van der Waals surface area contributed by atoms with E-state index >= 15 is 0 Å². The van der Waals surface area contributed by atoms with Crippen LogP contribution in [-0.4, -0.2) is 72.5 Å². The van der Waals surface area contributed by atoms with Crippen molar-refractivity contribution in [2.45, 2.75) is 17.0 Å². The van der Waals surface area contributed by atoms with E-state index in [-0.39, 0.29) is 47.7 Å². The topological polar surface area (TPSA) is 92.7 Å². The molecule has 0 spiro atoms. The fourth-order valence-electron chi connectivity index (χ4n) is 2.90. The summed E-state index contributed by atoms with van der Waals surface area (Å²) < 4.78 is 32.5. The van der Waals surface area contributed by atoms with Gasteiger partial charge in [-0.25, -0.2) is 18.4 Å². The van der Waals surface area contributed by atoms with E-state index in [1.807, 2.05) is 13.2 Å². The van der Waals surface area contributed by atoms with Crippen molar-refractivity contribution in [3.63, 3.8) is 0 Å². The van der Waals surface area contributed by atoms with E-state index in [2.05, 4.69) is 9.97 Å². The minimum atomic E-state index is -3.64. The maximum Gasteiger partial charge on any atom is 0.274 e.